The molecule has 0 bridgehead atoms. The van der Waals surface area contributed by atoms with E-state index < -0.39 is 18.1 Å². The molecule has 8 nitrogen and oxygen atoms in total. The first-order valence-corrected chi connectivity index (χ1v) is 29.6. The lowest BCUT2D eigenvalue weighted by molar-refractivity contribution is -0.889. The number of ether oxygens (including phenoxy) is 3. The molecule has 0 rings (SSSR count). The highest BCUT2D eigenvalue weighted by atomic mass is 16.6. The fourth-order valence-corrected chi connectivity index (χ4v) is 9.43. The number of carbonyl (C=O) groups excluding carboxylic acids is 3. The van der Waals surface area contributed by atoms with E-state index in [0.717, 1.165) is 38.5 Å². The average Bonchev–Trinajstić information content (AvgIpc) is 3.29. The zero-order valence-corrected chi connectivity index (χ0v) is 45.6. The van der Waals surface area contributed by atoms with E-state index in [0.29, 0.717) is 12.8 Å². The summed E-state index contributed by atoms with van der Waals surface area (Å²) in [6.45, 7) is 4.75. The molecule has 398 valence electrons. The van der Waals surface area contributed by atoms with E-state index in [-0.39, 0.29) is 42.7 Å². The van der Waals surface area contributed by atoms with Crippen LogP contribution in [0.25, 0.3) is 0 Å². The normalized spacial score (nSPS) is 12.7. The Kier molecular flexibility index (Phi) is 49.4. The molecular formula is C59H115NO7. The van der Waals surface area contributed by atoms with Crippen LogP contribution in [0.4, 0.5) is 0 Å². The minimum atomic E-state index is -1.12. The topological polar surface area (TPSA) is 102 Å². The number of esters is 2. The maximum Gasteiger partial charge on any atom is 0.306 e. The number of unbranched alkanes of at least 4 members (excludes halogenated alkanes) is 41. The summed E-state index contributed by atoms with van der Waals surface area (Å²) < 4.78 is 17.3. The first-order chi connectivity index (χ1) is 32.6. The molecule has 2 atom stereocenters. The van der Waals surface area contributed by atoms with E-state index >= 15 is 0 Å². The summed E-state index contributed by atoms with van der Waals surface area (Å²) in [7, 11) is 5.44. The van der Waals surface area contributed by atoms with Crippen molar-refractivity contribution in [2.75, 3.05) is 41.0 Å². The van der Waals surface area contributed by atoms with Gasteiger partial charge in [-0.15, -0.1) is 0 Å². The van der Waals surface area contributed by atoms with Crippen molar-refractivity contribution in [2.45, 2.75) is 321 Å². The van der Waals surface area contributed by atoms with Crippen LogP contribution in [0.3, 0.4) is 0 Å². The van der Waals surface area contributed by atoms with Gasteiger partial charge in [-0.1, -0.05) is 277 Å². The van der Waals surface area contributed by atoms with Crippen LogP contribution in [0.5, 0.6) is 0 Å². The van der Waals surface area contributed by atoms with E-state index in [1.165, 1.54) is 238 Å². The highest BCUT2D eigenvalue weighted by Gasteiger charge is 2.25. The highest BCUT2D eigenvalue weighted by Crippen LogP contribution is 2.18. The second-order valence-electron chi connectivity index (χ2n) is 21.6. The number of hydrogen-bond donors (Lipinski definition) is 0. The van der Waals surface area contributed by atoms with E-state index in [1.54, 1.807) is 0 Å². The van der Waals surface area contributed by atoms with Crippen molar-refractivity contribution in [3.8, 4) is 0 Å². The third kappa shape index (κ3) is 49.1. The summed E-state index contributed by atoms with van der Waals surface area (Å²) >= 11 is 0. The lowest BCUT2D eigenvalue weighted by Gasteiger charge is -2.34. The molecule has 0 aliphatic carbocycles. The fraction of sp³-hybridized carbons (Fsp3) is 0.949. The van der Waals surface area contributed by atoms with Gasteiger partial charge in [0.05, 0.1) is 40.3 Å². The number of nitrogens with zero attached hydrogens (tertiary/aromatic N) is 1. The van der Waals surface area contributed by atoms with Crippen LogP contribution in [0, 0.1) is 0 Å². The van der Waals surface area contributed by atoms with E-state index in [1.807, 2.05) is 21.1 Å². The molecule has 0 aromatic rings. The second kappa shape index (κ2) is 50.7. The van der Waals surface area contributed by atoms with E-state index in [9.17, 15) is 19.5 Å². The SMILES string of the molecule is CCCCCCCCCCCCCCCCCCCCCCCCCC(=O)OCC(COCCC(C(=O)[O-])[N+](C)(C)C)OC(=O)CCCCCCCCCCCCCCCCCCCCCC. The molecule has 2 unspecified atom stereocenters. The number of quaternary nitrogens is 1. The van der Waals surface area contributed by atoms with Crippen LogP contribution in [0.2, 0.25) is 0 Å². The molecule has 8 heteroatoms. The smallest absolute Gasteiger partial charge is 0.306 e. The molecule has 0 fully saturated rings. The van der Waals surface area contributed by atoms with Crippen molar-refractivity contribution in [2.24, 2.45) is 0 Å². The third-order valence-electron chi connectivity index (χ3n) is 14.0. The van der Waals surface area contributed by atoms with Crippen LogP contribution < -0.4 is 5.11 Å². The highest BCUT2D eigenvalue weighted by molar-refractivity contribution is 5.70. The maximum atomic E-state index is 12.8. The molecule has 0 aliphatic heterocycles. The molecule has 0 N–H and O–H groups in total. The second-order valence-corrected chi connectivity index (χ2v) is 21.6. The molecular weight excluding hydrogens is 835 g/mol. The molecule has 0 aromatic heterocycles. The van der Waals surface area contributed by atoms with Gasteiger partial charge >= 0.3 is 11.9 Å². The number of rotatable bonds is 55. The van der Waals surface area contributed by atoms with Crippen molar-refractivity contribution in [1.29, 1.82) is 0 Å². The Morgan fingerprint density at radius 2 is 0.657 bits per heavy atom. The van der Waals surface area contributed by atoms with Gasteiger partial charge in [0.25, 0.3) is 0 Å². The molecule has 0 amide bonds. The van der Waals surface area contributed by atoms with Gasteiger partial charge in [0.1, 0.15) is 12.6 Å². The Morgan fingerprint density at radius 1 is 0.388 bits per heavy atom. The lowest BCUT2D eigenvalue weighted by atomic mass is 10.0. The van der Waals surface area contributed by atoms with Crippen LogP contribution in [0.15, 0.2) is 0 Å². The number of likely N-dealkylation sites (N-methyl/N-ethyl adjacent to an activating group) is 1. The third-order valence-corrected chi connectivity index (χ3v) is 14.0. The average molecular weight is 951 g/mol. The molecule has 67 heavy (non-hydrogen) atoms. The van der Waals surface area contributed by atoms with Gasteiger partial charge in [-0.25, -0.2) is 0 Å². The van der Waals surface area contributed by atoms with Crippen LogP contribution in [0.1, 0.15) is 309 Å². The quantitative estimate of drug-likeness (QED) is 0.0340. The first kappa shape index (κ1) is 65.3. The van der Waals surface area contributed by atoms with Crippen molar-refractivity contribution in [1.82, 2.24) is 0 Å². The number of hydrogen-bond acceptors (Lipinski definition) is 7. The number of carboxylic acids is 1. The molecule has 0 saturated carbocycles. The van der Waals surface area contributed by atoms with Gasteiger partial charge in [0, 0.05) is 19.3 Å². The molecule has 0 aliphatic rings. The van der Waals surface area contributed by atoms with E-state index in [4.69, 9.17) is 14.2 Å². The van der Waals surface area contributed by atoms with Crippen molar-refractivity contribution in [3.05, 3.63) is 0 Å². The van der Waals surface area contributed by atoms with Gasteiger partial charge in [0.2, 0.25) is 0 Å². The predicted octanol–water partition coefficient (Wildman–Crippen LogP) is 16.3. The number of carbonyl (C=O) groups is 3. The Bertz CT molecular complexity index is 1060. The van der Waals surface area contributed by atoms with Crippen molar-refractivity contribution in [3.63, 3.8) is 0 Å². The fourth-order valence-electron chi connectivity index (χ4n) is 9.43. The zero-order chi connectivity index (χ0) is 49.2. The van der Waals surface area contributed by atoms with Crippen LogP contribution in [-0.2, 0) is 28.6 Å². The molecule has 0 radical (unpaired) electrons. The number of carboxylic acid groups (broad SMARTS) is 1. The predicted molar refractivity (Wildman–Crippen MR) is 282 cm³/mol. The van der Waals surface area contributed by atoms with Gasteiger partial charge in [-0.3, -0.25) is 9.59 Å². The van der Waals surface area contributed by atoms with Gasteiger partial charge in [-0.2, -0.15) is 0 Å². The first-order valence-electron chi connectivity index (χ1n) is 29.6. The summed E-state index contributed by atoms with van der Waals surface area (Å²) in [6, 6.07) is -0.721. The Morgan fingerprint density at radius 3 is 0.925 bits per heavy atom. The van der Waals surface area contributed by atoms with Crippen molar-refractivity contribution < 1.29 is 38.2 Å². The zero-order valence-electron chi connectivity index (χ0n) is 45.6. The Labute approximate surface area is 416 Å². The molecule has 0 aromatic carbocycles. The maximum absolute atomic E-state index is 12.8. The summed E-state index contributed by atoms with van der Waals surface area (Å²) in [5.74, 6) is -1.70. The monoisotopic (exact) mass is 950 g/mol. The van der Waals surface area contributed by atoms with Gasteiger partial charge in [-0.05, 0) is 12.8 Å². The van der Waals surface area contributed by atoms with Gasteiger partial charge < -0.3 is 28.6 Å². The lowest BCUT2D eigenvalue weighted by Crippen LogP contribution is -2.55. The summed E-state index contributed by atoms with van der Waals surface area (Å²) in [5.41, 5.74) is 0. The Balaban J connectivity index is 4.08. The number of aliphatic carboxylic acids is 1. The minimum Gasteiger partial charge on any atom is -0.544 e. The summed E-state index contributed by atoms with van der Waals surface area (Å²) in [6.07, 6.45) is 57.2. The summed E-state index contributed by atoms with van der Waals surface area (Å²) in [4.78, 5) is 37.2. The van der Waals surface area contributed by atoms with Crippen LogP contribution >= 0.6 is 0 Å². The largest absolute Gasteiger partial charge is 0.544 e. The van der Waals surface area contributed by atoms with Crippen molar-refractivity contribution >= 4 is 17.9 Å². The summed E-state index contributed by atoms with van der Waals surface area (Å²) in [5, 5.41) is 11.7. The molecule has 0 saturated heterocycles. The van der Waals surface area contributed by atoms with E-state index in [2.05, 4.69) is 13.8 Å². The minimum absolute atomic E-state index is 0.0502. The standard InChI is InChI=1S/C59H115NO7/c1-6-8-10-12-14-16-18-20-22-24-26-28-29-30-32-33-35-37-39-41-43-45-47-49-57(61)66-54-55(53-65-52-51-56(59(63)64)60(3,4)5)67-58(62)50-48-46-44-42-40-38-36-34-31-27-25-23-21-19-17-15-13-11-9-7-2/h55-56H,6-54H2,1-5H3. The van der Waals surface area contributed by atoms with Crippen LogP contribution in [-0.4, -0.2) is 75.5 Å². The molecule has 0 spiro atoms. The van der Waals surface area contributed by atoms with Gasteiger partial charge in [0.15, 0.2) is 6.10 Å². The Hall–Kier alpha value is -1.67. The molecule has 0 heterocycles.